The van der Waals surface area contributed by atoms with Crippen LogP contribution in [0.3, 0.4) is 0 Å². The van der Waals surface area contributed by atoms with Crippen molar-refractivity contribution in [2.75, 3.05) is 6.61 Å². The molecule has 0 aliphatic rings. The number of rotatable bonds is 7. The third kappa shape index (κ3) is 4.54. The standard InChI is InChI=1S/C19H21ClF2N3OSi/c1-19(21,22)14-8-13(10-23-11-14)17-9-15-16(20)4-5-24-18(15)25(17)12-26-6-7-27(2)3/h4-5,8-11H,6-7,12H2,1-3H3. The molecule has 0 atom stereocenters. The summed E-state index contributed by atoms with van der Waals surface area (Å²) in [4.78, 5) is 8.41. The molecule has 3 aromatic heterocycles. The van der Waals surface area contributed by atoms with Gasteiger partial charge in [-0.3, -0.25) is 4.98 Å². The van der Waals surface area contributed by atoms with Crippen molar-refractivity contribution in [3.8, 4) is 11.3 Å². The Morgan fingerprint density at radius 2 is 2.04 bits per heavy atom. The molecule has 27 heavy (non-hydrogen) atoms. The molecule has 0 spiro atoms. The zero-order valence-electron chi connectivity index (χ0n) is 15.5. The smallest absolute Gasteiger partial charge is 0.272 e. The molecular weight excluding hydrogens is 388 g/mol. The van der Waals surface area contributed by atoms with E-state index >= 15 is 0 Å². The van der Waals surface area contributed by atoms with Gasteiger partial charge in [-0.1, -0.05) is 24.7 Å². The Morgan fingerprint density at radius 3 is 2.74 bits per heavy atom. The molecule has 0 unspecified atom stereocenters. The summed E-state index contributed by atoms with van der Waals surface area (Å²) in [6, 6.07) is 6.03. The summed E-state index contributed by atoms with van der Waals surface area (Å²) in [6.45, 7) is 6.24. The molecular formula is C19H21ClF2N3OSi. The fraction of sp³-hybridized carbons (Fsp3) is 0.368. The average Bonchev–Trinajstić information content (AvgIpc) is 2.98. The van der Waals surface area contributed by atoms with E-state index in [-0.39, 0.29) is 21.1 Å². The number of alkyl halides is 2. The van der Waals surface area contributed by atoms with E-state index in [9.17, 15) is 8.78 Å². The van der Waals surface area contributed by atoms with Crippen molar-refractivity contribution < 1.29 is 13.5 Å². The molecule has 0 aliphatic heterocycles. The van der Waals surface area contributed by atoms with Crippen molar-refractivity contribution in [3.05, 3.63) is 47.4 Å². The van der Waals surface area contributed by atoms with Gasteiger partial charge in [-0.25, -0.2) is 13.8 Å². The van der Waals surface area contributed by atoms with Gasteiger partial charge in [0.15, 0.2) is 0 Å². The van der Waals surface area contributed by atoms with Gasteiger partial charge in [-0.15, -0.1) is 0 Å². The maximum atomic E-state index is 13.7. The van der Waals surface area contributed by atoms with Crippen LogP contribution < -0.4 is 0 Å². The largest absolute Gasteiger partial charge is 0.361 e. The predicted molar refractivity (Wildman–Crippen MR) is 106 cm³/mol. The molecule has 0 bridgehead atoms. The normalized spacial score (nSPS) is 12.3. The second-order valence-electron chi connectivity index (χ2n) is 6.83. The minimum absolute atomic E-state index is 0.138. The number of fused-ring (bicyclic) bond motifs is 1. The van der Waals surface area contributed by atoms with E-state index in [0.29, 0.717) is 28.5 Å². The Balaban J connectivity index is 2.04. The number of hydrogen-bond donors (Lipinski definition) is 0. The third-order valence-electron chi connectivity index (χ3n) is 4.25. The first-order valence-corrected chi connectivity index (χ1v) is 11.7. The van der Waals surface area contributed by atoms with Gasteiger partial charge in [0.25, 0.3) is 5.92 Å². The maximum Gasteiger partial charge on any atom is 0.272 e. The molecule has 0 amide bonds. The second-order valence-corrected chi connectivity index (χ2v) is 10.2. The third-order valence-corrected chi connectivity index (χ3v) is 5.78. The lowest BCUT2D eigenvalue weighted by atomic mass is 10.1. The molecule has 0 saturated heterocycles. The number of nitrogens with zero attached hydrogens (tertiary/aromatic N) is 3. The molecule has 4 nitrogen and oxygen atoms in total. The molecule has 0 aliphatic carbocycles. The Bertz CT molecular complexity index is 940. The lowest BCUT2D eigenvalue weighted by molar-refractivity contribution is 0.0171. The molecule has 8 heteroatoms. The molecule has 1 radical (unpaired) electrons. The zero-order chi connectivity index (χ0) is 19.6. The predicted octanol–water partition coefficient (Wildman–Crippen LogP) is 5.59. The van der Waals surface area contributed by atoms with Crippen molar-refractivity contribution in [2.24, 2.45) is 0 Å². The van der Waals surface area contributed by atoms with Crippen LogP contribution in [0.15, 0.2) is 36.8 Å². The highest BCUT2D eigenvalue weighted by Gasteiger charge is 2.25. The van der Waals surface area contributed by atoms with E-state index in [1.807, 2.05) is 10.6 Å². The van der Waals surface area contributed by atoms with Gasteiger partial charge in [0.05, 0.1) is 10.7 Å². The number of pyridine rings is 2. The van der Waals surface area contributed by atoms with E-state index in [1.54, 1.807) is 18.5 Å². The van der Waals surface area contributed by atoms with Gasteiger partial charge in [0, 0.05) is 57.4 Å². The Labute approximate surface area is 163 Å². The SMILES string of the molecule is C[Si](C)CCOCn1c(-c2cncc(C(C)(F)F)c2)cc2c(Cl)ccnc21. The van der Waals surface area contributed by atoms with Crippen LogP contribution >= 0.6 is 11.6 Å². The molecule has 0 aromatic carbocycles. The number of halogens is 3. The summed E-state index contributed by atoms with van der Waals surface area (Å²) in [6.07, 6.45) is 4.37. The number of ether oxygens (including phenoxy) is 1. The van der Waals surface area contributed by atoms with E-state index < -0.39 is 5.92 Å². The van der Waals surface area contributed by atoms with Gasteiger partial charge in [0.1, 0.15) is 12.4 Å². The highest BCUT2D eigenvalue weighted by Crippen LogP contribution is 2.34. The zero-order valence-corrected chi connectivity index (χ0v) is 17.2. The van der Waals surface area contributed by atoms with Crippen LogP contribution in [0.5, 0.6) is 0 Å². The van der Waals surface area contributed by atoms with Gasteiger partial charge < -0.3 is 9.30 Å². The van der Waals surface area contributed by atoms with Gasteiger partial charge in [-0.05, 0) is 24.2 Å². The Kier molecular flexibility index (Phi) is 5.93. The van der Waals surface area contributed by atoms with Crippen molar-refractivity contribution in [1.29, 1.82) is 0 Å². The van der Waals surface area contributed by atoms with Gasteiger partial charge in [0.2, 0.25) is 0 Å². The van der Waals surface area contributed by atoms with Crippen molar-refractivity contribution >= 4 is 31.4 Å². The van der Waals surface area contributed by atoms with E-state index in [1.165, 1.54) is 12.3 Å². The van der Waals surface area contributed by atoms with Crippen molar-refractivity contribution in [3.63, 3.8) is 0 Å². The number of hydrogen-bond acceptors (Lipinski definition) is 3. The Hall–Kier alpha value is -1.83. The van der Waals surface area contributed by atoms with Gasteiger partial charge in [-0.2, -0.15) is 0 Å². The van der Waals surface area contributed by atoms with Crippen molar-refractivity contribution in [2.45, 2.75) is 38.7 Å². The fourth-order valence-electron chi connectivity index (χ4n) is 2.74. The highest BCUT2D eigenvalue weighted by molar-refractivity contribution is 6.55. The molecule has 0 saturated carbocycles. The summed E-state index contributed by atoms with van der Waals surface area (Å²) in [5, 5.41) is 1.31. The highest BCUT2D eigenvalue weighted by atomic mass is 35.5. The van der Waals surface area contributed by atoms with E-state index in [4.69, 9.17) is 16.3 Å². The van der Waals surface area contributed by atoms with Crippen molar-refractivity contribution in [1.82, 2.24) is 14.5 Å². The quantitative estimate of drug-likeness (QED) is 0.377. The second kappa shape index (κ2) is 8.04. The fourth-order valence-corrected chi connectivity index (χ4v) is 3.49. The first-order valence-electron chi connectivity index (χ1n) is 8.61. The summed E-state index contributed by atoms with van der Waals surface area (Å²) in [7, 11) is -0.372. The topological polar surface area (TPSA) is 39.9 Å². The molecule has 3 aromatic rings. The summed E-state index contributed by atoms with van der Waals surface area (Å²) >= 11 is 6.31. The first-order chi connectivity index (χ1) is 12.8. The average molecular weight is 409 g/mol. The molecule has 143 valence electrons. The minimum atomic E-state index is -2.97. The molecule has 3 rings (SSSR count). The maximum absolute atomic E-state index is 13.7. The molecule has 0 fully saturated rings. The summed E-state index contributed by atoms with van der Waals surface area (Å²) < 4.78 is 35.2. The summed E-state index contributed by atoms with van der Waals surface area (Å²) in [5.74, 6) is -2.97. The minimum Gasteiger partial charge on any atom is -0.361 e. The monoisotopic (exact) mass is 408 g/mol. The molecule has 0 N–H and O–H groups in total. The van der Waals surface area contributed by atoms with Gasteiger partial charge >= 0.3 is 0 Å². The number of aromatic nitrogens is 3. The first kappa shape index (κ1) is 19.9. The van der Waals surface area contributed by atoms with Crippen LogP contribution in [0.25, 0.3) is 22.3 Å². The van der Waals surface area contributed by atoms with Crippen LogP contribution in [0.2, 0.25) is 24.2 Å². The van der Waals surface area contributed by atoms with Crippen LogP contribution in [-0.2, 0) is 17.4 Å². The van der Waals surface area contributed by atoms with Crippen LogP contribution in [-0.4, -0.2) is 29.9 Å². The lowest BCUT2D eigenvalue weighted by Gasteiger charge is -2.14. The lowest BCUT2D eigenvalue weighted by Crippen LogP contribution is -2.10. The molecule has 3 heterocycles. The Morgan fingerprint density at radius 1 is 1.26 bits per heavy atom. The summed E-state index contributed by atoms with van der Waals surface area (Å²) in [5.41, 5.74) is 1.79. The van der Waals surface area contributed by atoms with Crippen LogP contribution in [0.1, 0.15) is 12.5 Å². The van der Waals surface area contributed by atoms with E-state index in [2.05, 4.69) is 23.1 Å². The van der Waals surface area contributed by atoms with Crippen LogP contribution in [0.4, 0.5) is 8.78 Å². The van der Waals surface area contributed by atoms with E-state index in [0.717, 1.165) is 18.4 Å². The van der Waals surface area contributed by atoms with Crippen LogP contribution in [0, 0.1) is 0 Å².